The van der Waals surface area contributed by atoms with Crippen LogP contribution in [0.1, 0.15) is 41.6 Å². The molecular formula is C16H17FN2O4. The summed E-state index contributed by atoms with van der Waals surface area (Å²) in [6.45, 7) is 0. The van der Waals surface area contributed by atoms with Crippen molar-refractivity contribution in [2.24, 2.45) is 5.92 Å². The molecule has 0 aromatic heterocycles. The van der Waals surface area contributed by atoms with Crippen molar-refractivity contribution in [3.05, 3.63) is 29.1 Å². The summed E-state index contributed by atoms with van der Waals surface area (Å²) in [5.74, 6) is -2.73. The highest BCUT2D eigenvalue weighted by Gasteiger charge is 2.31. The maximum Gasteiger partial charge on any atom is 0.306 e. The van der Waals surface area contributed by atoms with Crippen molar-refractivity contribution < 1.29 is 23.9 Å². The van der Waals surface area contributed by atoms with E-state index >= 15 is 0 Å². The molecule has 1 heterocycles. The molecule has 0 bridgehead atoms. The van der Waals surface area contributed by atoms with Crippen molar-refractivity contribution in [2.45, 2.75) is 38.1 Å². The first kappa shape index (κ1) is 15.5. The first-order chi connectivity index (χ1) is 10.9. The fraction of sp³-hybridized carbons (Fsp3) is 0.438. The van der Waals surface area contributed by atoms with Crippen molar-refractivity contribution in [1.82, 2.24) is 5.32 Å². The SMILES string of the molecule is O=C1CCc2cc(C(=O)N[C@@H]3CC[C@H](C(=O)O)C3)c(F)cc2N1. The monoisotopic (exact) mass is 320 g/mol. The normalized spacial score (nSPS) is 23.1. The topological polar surface area (TPSA) is 95.5 Å². The third-order valence-electron chi connectivity index (χ3n) is 4.45. The molecule has 2 aliphatic rings. The Morgan fingerprint density at radius 2 is 2.04 bits per heavy atom. The van der Waals surface area contributed by atoms with Crippen LogP contribution in [0.4, 0.5) is 10.1 Å². The predicted molar refractivity (Wildman–Crippen MR) is 79.6 cm³/mol. The fourth-order valence-corrected chi connectivity index (χ4v) is 3.18. The van der Waals surface area contributed by atoms with Crippen molar-refractivity contribution in [1.29, 1.82) is 0 Å². The molecule has 1 aliphatic heterocycles. The van der Waals surface area contributed by atoms with Crippen LogP contribution in [0, 0.1) is 11.7 Å². The van der Waals surface area contributed by atoms with Gasteiger partial charge >= 0.3 is 5.97 Å². The van der Waals surface area contributed by atoms with Gasteiger partial charge in [0.15, 0.2) is 0 Å². The maximum absolute atomic E-state index is 14.1. The van der Waals surface area contributed by atoms with Crippen LogP contribution in [-0.2, 0) is 16.0 Å². The molecule has 3 rings (SSSR count). The second-order valence-corrected chi connectivity index (χ2v) is 6.06. The van der Waals surface area contributed by atoms with Gasteiger partial charge in [0.1, 0.15) is 5.82 Å². The van der Waals surface area contributed by atoms with E-state index in [1.165, 1.54) is 6.07 Å². The molecule has 1 aromatic carbocycles. The molecule has 3 N–H and O–H groups in total. The van der Waals surface area contributed by atoms with Gasteiger partial charge in [-0.25, -0.2) is 4.39 Å². The summed E-state index contributed by atoms with van der Waals surface area (Å²) in [4.78, 5) is 34.5. The molecule has 0 spiro atoms. The van der Waals surface area contributed by atoms with Crippen LogP contribution in [-0.4, -0.2) is 28.9 Å². The lowest BCUT2D eigenvalue weighted by Crippen LogP contribution is -2.34. The average Bonchev–Trinajstić information content (AvgIpc) is 2.95. The number of aliphatic carboxylic acids is 1. The summed E-state index contributed by atoms with van der Waals surface area (Å²) in [5, 5.41) is 14.3. The molecule has 7 heteroatoms. The number of carbonyl (C=O) groups is 3. The van der Waals surface area contributed by atoms with E-state index in [9.17, 15) is 18.8 Å². The molecule has 1 aromatic rings. The number of nitrogens with one attached hydrogen (secondary N) is 2. The number of carbonyl (C=O) groups excluding carboxylic acids is 2. The first-order valence-electron chi connectivity index (χ1n) is 7.60. The van der Waals surface area contributed by atoms with Crippen LogP contribution >= 0.6 is 0 Å². The van der Waals surface area contributed by atoms with E-state index in [-0.39, 0.29) is 17.5 Å². The van der Waals surface area contributed by atoms with Gasteiger partial charge in [-0.05, 0) is 43.4 Å². The summed E-state index contributed by atoms with van der Waals surface area (Å²) >= 11 is 0. The second-order valence-electron chi connectivity index (χ2n) is 6.06. The van der Waals surface area contributed by atoms with E-state index < -0.39 is 23.6 Å². The quantitative estimate of drug-likeness (QED) is 0.790. The molecule has 1 fully saturated rings. The van der Waals surface area contributed by atoms with E-state index in [0.717, 1.165) is 11.6 Å². The summed E-state index contributed by atoms with van der Waals surface area (Å²) < 4.78 is 14.1. The zero-order chi connectivity index (χ0) is 16.6. The Hall–Kier alpha value is -2.44. The van der Waals surface area contributed by atoms with Gasteiger partial charge in [-0.3, -0.25) is 14.4 Å². The van der Waals surface area contributed by atoms with Gasteiger partial charge in [-0.15, -0.1) is 0 Å². The third-order valence-corrected chi connectivity index (χ3v) is 4.45. The average molecular weight is 320 g/mol. The van der Waals surface area contributed by atoms with Gasteiger partial charge in [0, 0.05) is 18.2 Å². The molecule has 122 valence electrons. The van der Waals surface area contributed by atoms with Crippen LogP contribution in [0.5, 0.6) is 0 Å². The van der Waals surface area contributed by atoms with Crippen molar-refractivity contribution in [3.63, 3.8) is 0 Å². The first-order valence-corrected chi connectivity index (χ1v) is 7.60. The smallest absolute Gasteiger partial charge is 0.306 e. The minimum absolute atomic E-state index is 0.0707. The number of hydrogen-bond donors (Lipinski definition) is 3. The second kappa shape index (κ2) is 5.98. The van der Waals surface area contributed by atoms with Crippen LogP contribution in [0.15, 0.2) is 12.1 Å². The Kier molecular flexibility index (Phi) is 4.02. The Bertz CT molecular complexity index is 689. The lowest BCUT2D eigenvalue weighted by Gasteiger charge is -2.19. The molecule has 2 atom stereocenters. The number of aryl methyl sites for hydroxylation is 1. The lowest BCUT2D eigenvalue weighted by atomic mass is 9.99. The van der Waals surface area contributed by atoms with Crippen molar-refractivity contribution >= 4 is 23.5 Å². The molecule has 0 unspecified atom stereocenters. The van der Waals surface area contributed by atoms with Gasteiger partial charge in [-0.1, -0.05) is 0 Å². The van der Waals surface area contributed by atoms with Crippen LogP contribution in [0.2, 0.25) is 0 Å². The molecule has 1 aliphatic carbocycles. The summed E-state index contributed by atoms with van der Waals surface area (Å²) in [7, 11) is 0. The highest BCUT2D eigenvalue weighted by Crippen LogP contribution is 2.28. The van der Waals surface area contributed by atoms with Crippen LogP contribution < -0.4 is 10.6 Å². The molecular weight excluding hydrogens is 303 g/mol. The fourth-order valence-electron chi connectivity index (χ4n) is 3.18. The molecule has 0 radical (unpaired) electrons. The summed E-state index contributed by atoms with van der Waals surface area (Å²) in [6.07, 6.45) is 2.23. The number of rotatable bonds is 3. The number of halogens is 1. The Morgan fingerprint density at radius 3 is 2.74 bits per heavy atom. The standard InChI is InChI=1S/C16H17FN2O4/c17-12-7-13-8(2-4-14(20)19-13)6-11(12)15(21)18-10-3-1-9(5-10)16(22)23/h6-7,9-10H,1-5H2,(H,18,21)(H,19,20)(H,22,23)/t9-,10+/m0/s1. The zero-order valence-corrected chi connectivity index (χ0v) is 12.4. The highest BCUT2D eigenvalue weighted by atomic mass is 19.1. The zero-order valence-electron chi connectivity index (χ0n) is 12.4. The highest BCUT2D eigenvalue weighted by molar-refractivity contribution is 5.98. The molecule has 2 amide bonds. The third kappa shape index (κ3) is 3.18. The number of anilines is 1. The summed E-state index contributed by atoms with van der Waals surface area (Å²) in [5.41, 5.74) is 1.06. The van der Waals surface area contributed by atoms with Gasteiger partial charge < -0.3 is 15.7 Å². The van der Waals surface area contributed by atoms with Crippen molar-refractivity contribution in [2.75, 3.05) is 5.32 Å². The largest absolute Gasteiger partial charge is 0.481 e. The lowest BCUT2D eigenvalue weighted by molar-refractivity contribution is -0.141. The Labute approximate surface area is 132 Å². The van der Waals surface area contributed by atoms with Crippen LogP contribution in [0.25, 0.3) is 0 Å². The van der Waals surface area contributed by atoms with E-state index in [1.54, 1.807) is 0 Å². The molecule has 0 saturated heterocycles. The minimum atomic E-state index is -0.863. The maximum atomic E-state index is 14.1. The van der Waals surface area contributed by atoms with E-state index in [1.807, 2.05) is 0 Å². The van der Waals surface area contributed by atoms with Crippen molar-refractivity contribution in [3.8, 4) is 0 Å². The number of fused-ring (bicyclic) bond motifs is 1. The predicted octanol–water partition coefficient (Wildman–Crippen LogP) is 1.69. The number of carboxylic acid groups (broad SMARTS) is 1. The van der Waals surface area contributed by atoms with E-state index in [2.05, 4.69) is 10.6 Å². The number of amides is 2. The molecule has 6 nitrogen and oxygen atoms in total. The van der Waals surface area contributed by atoms with Crippen LogP contribution in [0.3, 0.4) is 0 Å². The summed E-state index contributed by atoms with van der Waals surface area (Å²) in [6, 6.07) is 2.37. The van der Waals surface area contributed by atoms with Gasteiger partial charge in [-0.2, -0.15) is 0 Å². The number of benzene rings is 1. The molecule has 1 saturated carbocycles. The van der Waals surface area contributed by atoms with E-state index in [4.69, 9.17) is 5.11 Å². The Balaban J connectivity index is 1.73. The Morgan fingerprint density at radius 1 is 1.26 bits per heavy atom. The minimum Gasteiger partial charge on any atom is -0.481 e. The molecule has 23 heavy (non-hydrogen) atoms. The van der Waals surface area contributed by atoms with Gasteiger partial charge in [0.05, 0.1) is 11.5 Å². The number of hydrogen-bond acceptors (Lipinski definition) is 3. The van der Waals surface area contributed by atoms with E-state index in [0.29, 0.717) is 37.8 Å². The number of carboxylic acids is 1. The van der Waals surface area contributed by atoms with Gasteiger partial charge in [0.2, 0.25) is 5.91 Å². The van der Waals surface area contributed by atoms with Gasteiger partial charge in [0.25, 0.3) is 5.91 Å².